The third-order valence-corrected chi connectivity index (χ3v) is 1.40. The monoisotopic (exact) mass is 223 g/mol. The quantitative estimate of drug-likeness (QED) is 0.273. The van der Waals surface area contributed by atoms with Crippen LogP contribution in [-0.4, -0.2) is 23.3 Å². The van der Waals surface area contributed by atoms with Crippen molar-refractivity contribution in [1.82, 2.24) is 0 Å². The Bertz CT molecular complexity index is 282. The second-order valence-electron chi connectivity index (χ2n) is 0.964. The zero-order valence-electron chi connectivity index (χ0n) is 5.05. The van der Waals surface area contributed by atoms with Crippen molar-refractivity contribution in [1.29, 1.82) is 0 Å². The first-order valence-electron chi connectivity index (χ1n) is 1.80. The van der Waals surface area contributed by atoms with Crippen LogP contribution in [-0.2, 0) is 23.5 Å². The lowest BCUT2D eigenvalue weighted by Crippen LogP contribution is -1.93. The Kier molecular flexibility index (Phi) is 6.32. The minimum Gasteiger partial charge on any atom is -0.328 e. The van der Waals surface area contributed by atoms with Crippen molar-refractivity contribution in [2.24, 2.45) is 0 Å². The minimum atomic E-state index is -4.82. The summed E-state index contributed by atoms with van der Waals surface area (Å²) >= 11 is 0. The summed E-state index contributed by atoms with van der Waals surface area (Å²) in [6, 6.07) is 0. The van der Waals surface area contributed by atoms with Crippen molar-refractivity contribution in [2.45, 2.75) is 0 Å². The molecule has 0 amide bonds. The molecule has 72 valence electrons. The van der Waals surface area contributed by atoms with Crippen LogP contribution in [0.3, 0.4) is 0 Å². The van der Waals surface area contributed by atoms with E-state index in [0.29, 0.717) is 0 Å². The molecule has 0 heterocycles. The van der Waals surface area contributed by atoms with E-state index in [1.807, 2.05) is 0 Å². The molecular formula is H2NO9PS. The van der Waals surface area contributed by atoms with Crippen LogP contribution >= 0.6 is 7.91 Å². The maximum Gasteiger partial charge on any atom is 0.485 e. The van der Waals surface area contributed by atoms with Gasteiger partial charge < -0.3 is 5.21 Å². The van der Waals surface area contributed by atoms with E-state index < -0.39 is 23.4 Å². The molecule has 0 atom stereocenters. The van der Waals surface area contributed by atoms with E-state index in [9.17, 15) is 17.5 Å². The van der Waals surface area contributed by atoms with Gasteiger partial charge in [0.05, 0.1) is 0 Å². The molecule has 0 saturated heterocycles. The van der Waals surface area contributed by atoms with Gasteiger partial charge in [-0.05, 0) is 0 Å². The standard InChI is InChI=1S/HNO3.HO6PS/c2-1(3)4;1-7(2)6-8(3,4)5/h(H,2,3,4);(H,3,4,5). The maximum absolute atomic E-state index is 9.39. The Balaban J connectivity index is 0. The molecule has 10 nitrogen and oxygen atoms in total. The summed E-state index contributed by atoms with van der Waals surface area (Å²) in [4.78, 5) is 8.36. The number of hydrogen-bond donors (Lipinski definition) is 2. The zero-order chi connectivity index (χ0) is 10.4. The van der Waals surface area contributed by atoms with Crippen molar-refractivity contribution in [3.8, 4) is 0 Å². The van der Waals surface area contributed by atoms with Gasteiger partial charge in [-0.1, -0.05) is 0 Å². The lowest BCUT2D eigenvalue weighted by molar-refractivity contribution is -0.742. The van der Waals surface area contributed by atoms with Crippen molar-refractivity contribution in [3.63, 3.8) is 0 Å². The Morgan fingerprint density at radius 1 is 1.42 bits per heavy atom. The molecule has 0 aromatic rings. The first kappa shape index (κ1) is 13.6. The highest BCUT2D eigenvalue weighted by Crippen LogP contribution is 2.07. The molecule has 0 aromatic carbocycles. The van der Waals surface area contributed by atoms with Crippen molar-refractivity contribution >= 4 is 18.3 Å². The summed E-state index contributed by atoms with van der Waals surface area (Å²) < 4.78 is 47.8. The fraction of sp³-hybridized carbons (Fsp3) is 0. The molecule has 0 unspecified atom stereocenters. The zero-order valence-corrected chi connectivity index (χ0v) is 6.77. The topological polar surface area (TPSA) is 161 Å². The van der Waals surface area contributed by atoms with Crippen molar-refractivity contribution in [2.75, 3.05) is 0 Å². The van der Waals surface area contributed by atoms with E-state index in [1.54, 1.807) is 0 Å². The van der Waals surface area contributed by atoms with Gasteiger partial charge >= 0.3 is 18.3 Å². The third-order valence-electron chi connectivity index (χ3n) is 0.155. The molecule has 12 heteroatoms. The van der Waals surface area contributed by atoms with Crippen LogP contribution in [0, 0.1) is 10.1 Å². The van der Waals surface area contributed by atoms with Gasteiger partial charge in [-0.15, -0.1) is 14.1 Å². The Labute approximate surface area is 65.7 Å². The molecule has 0 aliphatic heterocycles. The maximum atomic E-state index is 9.39. The minimum absolute atomic E-state index is 1.50. The summed E-state index contributed by atoms with van der Waals surface area (Å²) in [7, 11) is -8.35. The highest BCUT2D eigenvalue weighted by atomic mass is 32.3. The van der Waals surface area contributed by atoms with E-state index in [-0.39, 0.29) is 0 Å². The highest BCUT2D eigenvalue weighted by molar-refractivity contribution is 7.83. The highest BCUT2D eigenvalue weighted by Gasteiger charge is 2.06. The van der Waals surface area contributed by atoms with Gasteiger partial charge in [0.15, 0.2) is 0 Å². The number of hydrogen-bond acceptors (Lipinski definition) is 7. The van der Waals surface area contributed by atoms with E-state index in [1.165, 1.54) is 0 Å². The number of nitrogens with zero attached hydrogens (tertiary/aromatic N) is 1. The van der Waals surface area contributed by atoms with Crippen LogP contribution in [0.4, 0.5) is 0 Å². The smallest absolute Gasteiger partial charge is 0.328 e. The largest absolute Gasteiger partial charge is 0.485 e. The second-order valence-corrected chi connectivity index (χ2v) is 2.86. The molecule has 2 N–H and O–H groups in total. The molecule has 0 fully saturated rings. The molecule has 0 saturated carbocycles. The van der Waals surface area contributed by atoms with Crippen LogP contribution in [0.25, 0.3) is 0 Å². The predicted octanol–water partition coefficient (Wildman–Crippen LogP) is -0.454. The molecule has 0 aromatic heterocycles. The van der Waals surface area contributed by atoms with Crippen molar-refractivity contribution < 1.29 is 36.4 Å². The van der Waals surface area contributed by atoms with Crippen molar-refractivity contribution in [3.05, 3.63) is 10.1 Å². The van der Waals surface area contributed by atoms with Crippen LogP contribution in [0.1, 0.15) is 0 Å². The van der Waals surface area contributed by atoms with E-state index in [4.69, 9.17) is 19.9 Å². The SMILES string of the molecule is O=P(=O)OS(=O)(=O)O.O=[N+]([O-])O. The fourth-order valence-electron chi connectivity index (χ4n) is 0.0769. The average molecular weight is 223 g/mol. The van der Waals surface area contributed by atoms with E-state index in [2.05, 4.69) is 3.97 Å². The van der Waals surface area contributed by atoms with Gasteiger partial charge in [-0.3, -0.25) is 4.55 Å². The van der Waals surface area contributed by atoms with Crippen LogP contribution in [0.5, 0.6) is 0 Å². The van der Waals surface area contributed by atoms with Gasteiger partial charge in [0.25, 0.3) is 5.09 Å². The lowest BCUT2D eigenvalue weighted by atomic mass is 13.1. The van der Waals surface area contributed by atoms with Gasteiger partial charge in [0, 0.05) is 0 Å². The molecule has 0 aliphatic rings. The summed E-state index contributed by atoms with van der Waals surface area (Å²) in [6.07, 6.45) is 0. The fourth-order valence-corrected chi connectivity index (χ4v) is 0.692. The van der Waals surface area contributed by atoms with E-state index in [0.717, 1.165) is 0 Å². The summed E-state index contributed by atoms with van der Waals surface area (Å²) in [6.45, 7) is 0. The molecule has 12 heavy (non-hydrogen) atoms. The first-order chi connectivity index (χ1) is 5.15. The molecule has 0 spiro atoms. The predicted molar refractivity (Wildman–Crippen MR) is 29.7 cm³/mol. The average Bonchev–Trinajstić information content (AvgIpc) is 1.52. The first-order valence-corrected chi connectivity index (χ1v) is 4.26. The summed E-state index contributed by atoms with van der Waals surface area (Å²) in [5, 5.41) is 13.6. The Morgan fingerprint density at radius 2 is 1.67 bits per heavy atom. The van der Waals surface area contributed by atoms with Gasteiger partial charge in [-0.2, -0.15) is 8.42 Å². The van der Waals surface area contributed by atoms with Gasteiger partial charge in [-0.25, -0.2) is 9.13 Å². The molecule has 0 bridgehead atoms. The van der Waals surface area contributed by atoms with Crippen LogP contribution in [0.2, 0.25) is 0 Å². The molecule has 0 aliphatic carbocycles. The van der Waals surface area contributed by atoms with Gasteiger partial charge in [0.2, 0.25) is 0 Å². The Morgan fingerprint density at radius 3 is 1.67 bits per heavy atom. The van der Waals surface area contributed by atoms with Crippen LogP contribution in [0.15, 0.2) is 0 Å². The summed E-state index contributed by atoms with van der Waals surface area (Å²) in [5.74, 6) is 0. The van der Waals surface area contributed by atoms with Gasteiger partial charge in [0.1, 0.15) is 0 Å². The van der Waals surface area contributed by atoms with E-state index >= 15 is 0 Å². The third kappa shape index (κ3) is 36.2. The molecule has 0 rings (SSSR count). The van der Waals surface area contributed by atoms with Crippen LogP contribution < -0.4 is 0 Å². The second kappa shape index (κ2) is 5.60. The Hall–Kier alpha value is -1.03. The summed E-state index contributed by atoms with van der Waals surface area (Å²) in [5.41, 5.74) is 0. The molecular weight excluding hydrogens is 221 g/mol. The normalized spacial score (nSPS) is 9.42. The lowest BCUT2D eigenvalue weighted by Gasteiger charge is -1.79. The number of rotatable bonds is 2. The molecule has 0 radical (unpaired) electrons.